The van der Waals surface area contributed by atoms with E-state index in [1.54, 1.807) is 13.8 Å². The lowest BCUT2D eigenvalue weighted by Crippen LogP contribution is -2.51. The molecule has 0 radical (unpaired) electrons. The lowest BCUT2D eigenvalue weighted by Gasteiger charge is -2.36. The number of esters is 1. The Labute approximate surface area is 214 Å². The number of carboxylic acids is 1. The van der Waals surface area contributed by atoms with E-state index in [2.05, 4.69) is 26.6 Å². The SMILES string of the molecule is CC(OC(=O)N[C@@H](Cc1ccc(Br)cc1)C(=O)NCC1(CC(=O)O)CCCCC1)OC(=O)C(C)C. The number of amides is 2. The highest BCUT2D eigenvalue weighted by molar-refractivity contribution is 9.10. The molecule has 0 heterocycles. The Kier molecular flexibility index (Phi) is 11.0. The molecule has 1 fully saturated rings. The maximum Gasteiger partial charge on any atom is 0.410 e. The van der Waals surface area contributed by atoms with Gasteiger partial charge in [-0.25, -0.2) is 4.79 Å². The molecule has 0 aromatic heterocycles. The van der Waals surface area contributed by atoms with Crippen molar-refractivity contribution in [2.24, 2.45) is 11.3 Å². The predicted octanol–water partition coefficient (Wildman–Crippen LogP) is 4.17. The maximum absolute atomic E-state index is 13.2. The summed E-state index contributed by atoms with van der Waals surface area (Å²) in [6.45, 7) is 4.96. The van der Waals surface area contributed by atoms with Gasteiger partial charge in [-0.3, -0.25) is 14.4 Å². The van der Waals surface area contributed by atoms with Gasteiger partial charge in [-0.1, -0.05) is 61.2 Å². The van der Waals surface area contributed by atoms with Gasteiger partial charge >= 0.3 is 18.0 Å². The topological polar surface area (TPSA) is 131 Å². The van der Waals surface area contributed by atoms with Gasteiger partial charge in [-0.2, -0.15) is 0 Å². The predicted molar refractivity (Wildman–Crippen MR) is 132 cm³/mol. The second kappa shape index (κ2) is 13.5. The normalized spacial score (nSPS) is 16.6. The Balaban J connectivity index is 2.08. The van der Waals surface area contributed by atoms with Crippen molar-refractivity contribution in [1.29, 1.82) is 0 Å². The van der Waals surface area contributed by atoms with Gasteiger partial charge in [0, 0.05) is 24.4 Å². The first-order valence-electron chi connectivity index (χ1n) is 11.9. The molecule has 1 aromatic rings. The fourth-order valence-electron chi connectivity index (χ4n) is 4.15. The Morgan fingerprint density at radius 3 is 2.23 bits per heavy atom. The van der Waals surface area contributed by atoms with Crippen molar-refractivity contribution in [1.82, 2.24) is 10.6 Å². The molecule has 0 bridgehead atoms. The molecule has 0 spiro atoms. The third kappa shape index (κ3) is 9.87. The highest BCUT2D eigenvalue weighted by Gasteiger charge is 2.35. The van der Waals surface area contributed by atoms with Crippen LogP contribution in [0.3, 0.4) is 0 Å². The molecule has 35 heavy (non-hydrogen) atoms. The Bertz CT molecular complexity index is 882. The van der Waals surface area contributed by atoms with E-state index >= 15 is 0 Å². The third-order valence-electron chi connectivity index (χ3n) is 6.07. The summed E-state index contributed by atoms with van der Waals surface area (Å²) in [7, 11) is 0. The minimum Gasteiger partial charge on any atom is -0.481 e. The van der Waals surface area contributed by atoms with Crippen LogP contribution in [-0.2, 0) is 30.3 Å². The number of carbonyl (C=O) groups is 4. The van der Waals surface area contributed by atoms with Crippen molar-refractivity contribution < 1.29 is 33.8 Å². The van der Waals surface area contributed by atoms with Crippen molar-refractivity contribution in [3.8, 4) is 0 Å². The second-order valence-electron chi connectivity index (χ2n) is 9.44. The van der Waals surface area contributed by atoms with E-state index in [0.717, 1.165) is 42.1 Å². The van der Waals surface area contributed by atoms with E-state index in [0.29, 0.717) is 0 Å². The van der Waals surface area contributed by atoms with Crippen LogP contribution in [0.5, 0.6) is 0 Å². The van der Waals surface area contributed by atoms with E-state index in [1.165, 1.54) is 6.92 Å². The number of halogens is 1. The molecule has 1 aromatic carbocycles. The van der Waals surface area contributed by atoms with Crippen molar-refractivity contribution in [3.05, 3.63) is 34.3 Å². The van der Waals surface area contributed by atoms with Crippen LogP contribution in [0.1, 0.15) is 64.9 Å². The fraction of sp³-hybridized carbons (Fsp3) is 0.600. The summed E-state index contributed by atoms with van der Waals surface area (Å²) >= 11 is 3.37. The number of carbonyl (C=O) groups excluding carboxylic acids is 3. The van der Waals surface area contributed by atoms with Gasteiger partial charge in [0.1, 0.15) is 6.04 Å². The number of benzene rings is 1. The van der Waals surface area contributed by atoms with E-state index in [1.807, 2.05) is 24.3 Å². The molecule has 1 saturated carbocycles. The van der Waals surface area contributed by atoms with Crippen molar-refractivity contribution in [3.63, 3.8) is 0 Å². The van der Waals surface area contributed by atoms with Crippen molar-refractivity contribution >= 4 is 39.9 Å². The highest BCUT2D eigenvalue weighted by Crippen LogP contribution is 2.38. The highest BCUT2D eigenvalue weighted by atomic mass is 79.9. The van der Waals surface area contributed by atoms with Crippen LogP contribution in [0.25, 0.3) is 0 Å². The molecule has 1 aliphatic rings. The summed E-state index contributed by atoms with van der Waals surface area (Å²) in [4.78, 5) is 48.8. The van der Waals surface area contributed by atoms with Crippen LogP contribution in [0.2, 0.25) is 0 Å². The number of hydrogen-bond donors (Lipinski definition) is 3. The average Bonchev–Trinajstić information content (AvgIpc) is 2.78. The van der Waals surface area contributed by atoms with E-state index < -0.39 is 41.7 Å². The molecule has 3 N–H and O–H groups in total. The summed E-state index contributed by atoms with van der Waals surface area (Å²) < 4.78 is 11.0. The first-order valence-corrected chi connectivity index (χ1v) is 12.7. The van der Waals surface area contributed by atoms with Crippen molar-refractivity contribution in [2.75, 3.05) is 6.54 Å². The van der Waals surface area contributed by atoms with Gasteiger partial charge in [0.2, 0.25) is 12.2 Å². The second-order valence-corrected chi connectivity index (χ2v) is 10.4. The zero-order valence-corrected chi connectivity index (χ0v) is 22.1. The number of nitrogens with one attached hydrogen (secondary N) is 2. The van der Waals surface area contributed by atoms with E-state index in [-0.39, 0.29) is 25.3 Å². The van der Waals surface area contributed by atoms with Crippen LogP contribution in [-0.4, -0.2) is 47.9 Å². The fourth-order valence-corrected chi connectivity index (χ4v) is 4.42. The average molecular weight is 555 g/mol. The molecule has 2 atom stereocenters. The van der Waals surface area contributed by atoms with Gasteiger partial charge in [-0.05, 0) is 36.0 Å². The lowest BCUT2D eigenvalue weighted by atomic mass is 9.71. The number of carboxylic acid groups (broad SMARTS) is 1. The third-order valence-corrected chi connectivity index (χ3v) is 6.59. The van der Waals surface area contributed by atoms with Gasteiger partial charge in [0.05, 0.1) is 12.3 Å². The molecular weight excluding hydrogens is 520 g/mol. The number of alkyl carbamates (subject to hydrolysis) is 1. The van der Waals surface area contributed by atoms with Crippen LogP contribution in [0.15, 0.2) is 28.7 Å². The van der Waals surface area contributed by atoms with Gasteiger partial charge in [-0.15, -0.1) is 0 Å². The van der Waals surface area contributed by atoms with Gasteiger partial charge in [0.15, 0.2) is 0 Å². The summed E-state index contributed by atoms with van der Waals surface area (Å²) in [5.41, 5.74) is 0.313. The number of rotatable bonds is 11. The smallest absolute Gasteiger partial charge is 0.410 e. The largest absolute Gasteiger partial charge is 0.481 e. The van der Waals surface area contributed by atoms with E-state index in [4.69, 9.17) is 9.47 Å². The van der Waals surface area contributed by atoms with E-state index in [9.17, 15) is 24.3 Å². The minimum absolute atomic E-state index is 0.0150. The standard InChI is InChI=1S/C25H35BrN2O7/c1-16(2)23(32)34-17(3)35-24(33)28-20(13-18-7-9-19(26)10-8-18)22(31)27-15-25(14-21(29)30)11-5-4-6-12-25/h7-10,16-17,20H,4-6,11-15H2,1-3H3,(H,27,31)(H,28,33)(H,29,30)/t17?,20-/m0/s1. The van der Waals surface area contributed by atoms with Crippen molar-refractivity contribution in [2.45, 2.75) is 78.0 Å². The monoisotopic (exact) mass is 554 g/mol. The van der Waals surface area contributed by atoms with Crippen LogP contribution < -0.4 is 10.6 Å². The molecule has 2 rings (SSSR count). The quantitative estimate of drug-likeness (QED) is 0.276. The molecule has 10 heteroatoms. The summed E-state index contributed by atoms with van der Waals surface area (Å²) in [5.74, 6) is -2.21. The van der Waals surface area contributed by atoms with Gasteiger partial charge < -0.3 is 25.2 Å². The first kappa shape index (κ1) is 28.6. The molecule has 194 valence electrons. The molecule has 9 nitrogen and oxygen atoms in total. The summed E-state index contributed by atoms with van der Waals surface area (Å²) in [6.07, 6.45) is 2.50. The van der Waals surface area contributed by atoms with Gasteiger partial charge in [0.25, 0.3) is 0 Å². The molecule has 0 saturated heterocycles. The maximum atomic E-state index is 13.2. The molecule has 1 aliphatic carbocycles. The zero-order chi connectivity index (χ0) is 26.0. The molecule has 0 aliphatic heterocycles. The lowest BCUT2D eigenvalue weighted by molar-refractivity contribution is -0.168. The zero-order valence-electron chi connectivity index (χ0n) is 20.5. The number of aliphatic carboxylic acids is 1. The molecular formula is C25H35BrN2O7. The summed E-state index contributed by atoms with van der Waals surface area (Å²) in [5, 5.41) is 14.8. The minimum atomic E-state index is -1.12. The Morgan fingerprint density at radius 1 is 1.03 bits per heavy atom. The van der Waals surface area contributed by atoms with Crippen LogP contribution in [0, 0.1) is 11.3 Å². The molecule has 2 amide bonds. The Hall–Kier alpha value is -2.62. The summed E-state index contributed by atoms with van der Waals surface area (Å²) in [6, 6.07) is 6.36. The van der Waals surface area contributed by atoms with Crippen LogP contribution >= 0.6 is 15.9 Å². The Morgan fingerprint density at radius 2 is 1.66 bits per heavy atom. The number of hydrogen-bond acceptors (Lipinski definition) is 6. The first-order chi connectivity index (χ1) is 16.5. The number of ether oxygens (including phenoxy) is 2. The molecule has 1 unspecified atom stereocenters. The van der Waals surface area contributed by atoms with Crippen LogP contribution in [0.4, 0.5) is 4.79 Å².